The minimum absolute atomic E-state index is 0.237. The standard InChI is InChI=1S/C11H11FN2/c1-7-4-8-5-9(12)2-3-10(8)14-11(7)6-13/h2-5H,6,13H2,1H3. The number of aromatic nitrogens is 1. The van der Waals surface area contributed by atoms with Gasteiger partial charge in [-0.05, 0) is 36.8 Å². The maximum atomic E-state index is 12.9. The summed E-state index contributed by atoms with van der Waals surface area (Å²) < 4.78 is 12.9. The van der Waals surface area contributed by atoms with Gasteiger partial charge in [-0.3, -0.25) is 4.98 Å². The third kappa shape index (κ3) is 1.46. The zero-order chi connectivity index (χ0) is 10.1. The monoisotopic (exact) mass is 190 g/mol. The Kier molecular flexibility index (Phi) is 2.17. The Bertz CT molecular complexity index is 480. The number of aryl methyl sites for hydroxylation is 1. The number of nitrogens with two attached hydrogens (primary N) is 1. The first-order chi connectivity index (χ1) is 6.70. The number of fused-ring (bicyclic) bond motifs is 1. The van der Waals surface area contributed by atoms with Gasteiger partial charge in [-0.1, -0.05) is 0 Å². The molecule has 0 amide bonds. The van der Waals surface area contributed by atoms with E-state index in [2.05, 4.69) is 4.98 Å². The number of benzene rings is 1. The topological polar surface area (TPSA) is 38.9 Å². The molecule has 0 bridgehead atoms. The molecule has 0 radical (unpaired) electrons. The summed E-state index contributed by atoms with van der Waals surface area (Å²) in [5.74, 6) is -0.237. The van der Waals surface area contributed by atoms with Crippen LogP contribution >= 0.6 is 0 Å². The number of nitrogens with zero attached hydrogens (tertiary/aromatic N) is 1. The first-order valence-corrected chi connectivity index (χ1v) is 4.46. The number of halogens is 1. The Balaban J connectivity index is 2.73. The van der Waals surface area contributed by atoms with Crippen molar-refractivity contribution in [3.8, 4) is 0 Å². The zero-order valence-electron chi connectivity index (χ0n) is 7.92. The molecule has 2 nitrogen and oxygen atoms in total. The SMILES string of the molecule is Cc1cc2cc(F)ccc2nc1CN. The van der Waals surface area contributed by atoms with Crippen LogP contribution < -0.4 is 5.73 Å². The summed E-state index contributed by atoms with van der Waals surface area (Å²) in [6.07, 6.45) is 0. The van der Waals surface area contributed by atoms with Crippen LogP contribution in [0.4, 0.5) is 4.39 Å². The predicted molar refractivity (Wildman–Crippen MR) is 54.3 cm³/mol. The van der Waals surface area contributed by atoms with E-state index in [-0.39, 0.29) is 5.82 Å². The van der Waals surface area contributed by atoms with E-state index in [1.54, 1.807) is 6.07 Å². The van der Waals surface area contributed by atoms with E-state index >= 15 is 0 Å². The maximum absolute atomic E-state index is 12.9. The van der Waals surface area contributed by atoms with Crippen LogP contribution in [0.5, 0.6) is 0 Å². The summed E-state index contributed by atoms with van der Waals surface area (Å²) in [5, 5.41) is 0.819. The zero-order valence-corrected chi connectivity index (χ0v) is 7.92. The fraction of sp³-hybridized carbons (Fsp3) is 0.182. The second kappa shape index (κ2) is 3.35. The number of pyridine rings is 1. The van der Waals surface area contributed by atoms with Crippen molar-refractivity contribution in [2.75, 3.05) is 0 Å². The normalized spacial score (nSPS) is 10.8. The molecule has 0 unspecified atom stereocenters. The van der Waals surface area contributed by atoms with Crippen LogP contribution in [0.15, 0.2) is 24.3 Å². The molecular formula is C11H11FN2. The molecule has 0 saturated heterocycles. The van der Waals surface area contributed by atoms with Gasteiger partial charge in [-0.15, -0.1) is 0 Å². The fourth-order valence-electron chi connectivity index (χ4n) is 1.50. The van der Waals surface area contributed by atoms with Crippen LogP contribution in [0, 0.1) is 12.7 Å². The molecule has 1 heterocycles. The van der Waals surface area contributed by atoms with Crippen LogP contribution in [0.2, 0.25) is 0 Å². The molecule has 3 heteroatoms. The third-order valence-electron chi connectivity index (χ3n) is 2.27. The molecule has 1 aromatic carbocycles. The molecule has 2 N–H and O–H groups in total. The predicted octanol–water partition coefficient (Wildman–Crippen LogP) is 2.14. The minimum atomic E-state index is -0.237. The summed E-state index contributed by atoms with van der Waals surface area (Å²) in [6.45, 7) is 2.35. The van der Waals surface area contributed by atoms with E-state index in [9.17, 15) is 4.39 Å². The van der Waals surface area contributed by atoms with Gasteiger partial charge in [0.2, 0.25) is 0 Å². The Morgan fingerprint density at radius 3 is 2.86 bits per heavy atom. The van der Waals surface area contributed by atoms with Crippen molar-refractivity contribution < 1.29 is 4.39 Å². The average molecular weight is 190 g/mol. The summed E-state index contributed by atoms with van der Waals surface area (Å²) in [4.78, 5) is 4.34. The highest BCUT2D eigenvalue weighted by molar-refractivity contribution is 5.79. The lowest BCUT2D eigenvalue weighted by Gasteiger charge is -2.04. The van der Waals surface area contributed by atoms with E-state index in [4.69, 9.17) is 5.73 Å². The Morgan fingerprint density at radius 2 is 2.14 bits per heavy atom. The Labute approximate surface area is 81.6 Å². The van der Waals surface area contributed by atoms with Crippen molar-refractivity contribution in [2.45, 2.75) is 13.5 Å². The number of hydrogen-bond acceptors (Lipinski definition) is 2. The van der Waals surface area contributed by atoms with E-state index in [1.165, 1.54) is 12.1 Å². The van der Waals surface area contributed by atoms with Crippen LogP contribution in [0.3, 0.4) is 0 Å². The van der Waals surface area contributed by atoms with Crippen molar-refractivity contribution in [2.24, 2.45) is 5.73 Å². The van der Waals surface area contributed by atoms with Gasteiger partial charge in [0.1, 0.15) is 5.82 Å². The molecule has 72 valence electrons. The highest BCUT2D eigenvalue weighted by atomic mass is 19.1. The highest BCUT2D eigenvalue weighted by Crippen LogP contribution is 2.17. The molecule has 1 aromatic heterocycles. The van der Waals surface area contributed by atoms with Crippen LogP contribution in [-0.2, 0) is 6.54 Å². The molecule has 0 saturated carbocycles. The second-order valence-corrected chi connectivity index (χ2v) is 3.29. The number of rotatable bonds is 1. The fourth-order valence-corrected chi connectivity index (χ4v) is 1.50. The molecule has 0 aliphatic rings. The van der Waals surface area contributed by atoms with Crippen molar-refractivity contribution in [3.63, 3.8) is 0 Å². The molecule has 2 rings (SSSR count). The molecule has 0 aliphatic carbocycles. The van der Waals surface area contributed by atoms with Gasteiger partial charge in [0, 0.05) is 11.9 Å². The van der Waals surface area contributed by atoms with Gasteiger partial charge in [0.05, 0.1) is 11.2 Å². The van der Waals surface area contributed by atoms with Gasteiger partial charge < -0.3 is 5.73 Å². The molecule has 2 aromatic rings. The maximum Gasteiger partial charge on any atom is 0.123 e. The summed E-state index contributed by atoms with van der Waals surface area (Å²) in [7, 11) is 0. The molecule has 0 aliphatic heterocycles. The molecule has 0 spiro atoms. The summed E-state index contributed by atoms with van der Waals surface area (Å²) >= 11 is 0. The molecular weight excluding hydrogens is 179 g/mol. The van der Waals surface area contributed by atoms with Gasteiger partial charge in [0.25, 0.3) is 0 Å². The first kappa shape index (κ1) is 9.09. The summed E-state index contributed by atoms with van der Waals surface area (Å²) in [6, 6.07) is 6.47. The molecule has 14 heavy (non-hydrogen) atoms. The molecule has 0 atom stereocenters. The van der Waals surface area contributed by atoms with Crippen molar-refractivity contribution in [1.29, 1.82) is 0 Å². The Hall–Kier alpha value is -1.48. The van der Waals surface area contributed by atoms with Crippen LogP contribution in [0.25, 0.3) is 10.9 Å². The largest absolute Gasteiger partial charge is 0.325 e. The van der Waals surface area contributed by atoms with E-state index in [0.29, 0.717) is 6.54 Å². The number of hydrogen-bond donors (Lipinski definition) is 1. The van der Waals surface area contributed by atoms with Gasteiger partial charge in [0.15, 0.2) is 0 Å². The first-order valence-electron chi connectivity index (χ1n) is 4.46. The average Bonchev–Trinajstić information content (AvgIpc) is 2.16. The third-order valence-corrected chi connectivity index (χ3v) is 2.27. The lowest BCUT2D eigenvalue weighted by Crippen LogP contribution is -2.02. The van der Waals surface area contributed by atoms with Crippen LogP contribution in [0.1, 0.15) is 11.3 Å². The van der Waals surface area contributed by atoms with E-state index < -0.39 is 0 Å². The van der Waals surface area contributed by atoms with Crippen molar-refractivity contribution in [3.05, 3.63) is 41.3 Å². The van der Waals surface area contributed by atoms with Crippen LogP contribution in [-0.4, -0.2) is 4.98 Å². The van der Waals surface area contributed by atoms with Gasteiger partial charge in [-0.2, -0.15) is 0 Å². The summed E-state index contributed by atoms with van der Waals surface area (Å²) in [5.41, 5.74) is 8.19. The lowest BCUT2D eigenvalue weighted by atomic mass is 10.1. The van der Waals surface area contributed by atoms with Crippen molar-refractivity contribution >= 4 is 10.9 Å². The molecule has 0 fully saturated rings. The van der Waals surface area contributed by atoms with E-state index in [1.807, 2.05) is 13.0 Å². The Morgan fingerprint density at radius 1 is 1.36 bits per heavy atom. The smallest absolute Gasteiger partial charge is 0.123 e. The highest BCUT2D eigenvalue weighted by Gasteiger charge is 2.02. The van der Waals surface area contributed by atoms with Gasteiger partial charge >= 0.3 is 0 Å². The lowest BCUT2D eigenvalue weighted by molar-refractivity contribution is 0.629. The van der Waals surface area contributed by atoms with Crippen molar-refractivity contribution in [1.82, 2.24) is 4.98 Å². The minimum Gasteiger partial charge on any atom is -0.325 e. The van der Waals surface area contributed by atoms with E-state index in [0.717, 1.165) is 22.2 Å². The van der Waals surface area contributed by atoms with Gasteiger partial charge in [-0.25, -0.2) is 4.39 Å². The second-order valence-electron chi connectivity index (χ2n) is 3.29. The quantitative estimate of drug-likeness (QED) is 0.748.